The van der Waals surface area contributed by atoms with Crippen LogP contribution in [0.3, 0.4) is 0 Å². The summed E-state index contributed by atoms with van der Waals surface area (Å²) in [4.78, 5) is 66.9. The average Bonchev–Trinajstić information content (AvgIpc) is 1.67. The minimum absolute atomic E-state index is 0.149. The molecule has 31 heteroatoms. The van der Waals surface area contributed by atoms with Crippen molar-refractivity contribution in [3.63, 3.8) is 0 Å². The number of anilines is 4. The number of hydrogen-bond acceptors (Lipinski definition) is 18. The fourth-order valence-electron chi connectivity index (χ4n) is 12.8. The Morgan fingerprint density at radius 2 is 0.608 bits per heavy atom. The zero-order valence-electron chi connectivity index (χ0n) is 69.8. The Morgan fingerprint density at radius 3 is 0.946 bits per heavy atom. The first kappa shape index (κ1) is 90.1. The molecule has 16 rings (SSSR count). The van der Waals surface area contributed by atoms with E-state index in [0.717, 1.165) is 56.0 Å². The zero-order valence-corrected chi connectivity index (χ0v) is 70.6. The SMILES string of the molecule is Cc1cc(N/N=C/c2cn(-c3ccc(C(=O)O)cc3)nc2-c2ccc(C(=O)O)cc2)ccc1F.Cc1ccc(N/N=C/c2cn(-c3ccc(C(=O)O)cc3)nc2-c2ccc(C(=O)O)cc2)c(Cl)c1.Cc1ccc(N/N=C/c2cn(-c3ccc(C(=O)O)cc3)nc2-c2cccc(C)c2)cc1.Cc1cccc(-c2nn(-c3ccc(C(=O)O)cc3)cc2/C=N/Nc2ccccc2F)c1. The maximum absolute atomic E-state index is 13.8. The lowest BCUT2D eigenvalue weighted by atomic mass is 10.1. The maximum atomic E-state index is 13.8. The molecule has 12 aromatic carbocycles. The normalized spacial score (nSPS) is 11.0. The minimum Gasteiger partial charge on any atom is -0.478 e. The van der Waals surface area contributed by atoms with E-state index in [4.69, 9.17) is 42.2 Å². The summed E-state index contributed by atoms with van der Waals surface area (Å²) in [6.07, 6.45) is 13.6. The molecule has 0 saturated carbocycles. The highest BCUT2D eigenvalue weighted by atomic mass is 35.5. The second kappa shape index (κ2) is 41.7. The summed E-state index contributed by atoms with van der Waals surface area (Å²) in [5.41, 5.74) is 31.4. The van der Waals surface area contributed by atoms with Crippen molar-refractivity contribution in [1.29, 1.82) is 0 Å². The number of carboxylic acid groups (broad SMARTS) is 6. The van der Waals surface area contributed by atoms with Gasteiger partial charge in [0.15, 0.2) is 0 Å². The lowest BCUT2D eigenvalue weighted by molar-refractivity contribution is 0.0686. The number of para-hydroxylation sites is 1. The smallest absolute Gasteiger partial charge is 0.335 e. The van der Waals surface area contributed by atoms with Gasteiger partial charge in [0.2, 0.25) is 0 Å². The first-order chi connectivity index (χ1) is 62.6. The first-order valence-electron chi connectivity index (χ1n) is 39.7. The Balaban J connectivity index is 0.000000148. The second-order valence-corrected chi connectivity index (χ2v) is 29.6. The first-order valence-corrected chi connectivity index (χ1v) is 40.1. The van der Waals surface area contributed by atoms with Gasteiger partial charge >= 0.3 is 35.8 Å². The van der Waals surface area contributed by atoms with Crippen molar-refractivity contribution >= 4 is 95.0 Å². The number of halogens is 3. The van der Waals surface area contributed by atoms with Gasteiger partial charge in [-0.3, -0.25) is 21.7 Å². The number of carbonyl (C=O) groups is 6. The van der Waals surface area contributed by atoms with Crippen LogP contribution in [-0.2, 0) is 0 Å². The van der Waals surface area contributed by atoms with E-state index in [2.05, 4.69) is 63.5 Å². The Morgan fingerprint density at radius 1 is 0.300 bits per heavy atom. The lowest BCUT2D eigenvalue weighted by Crippen LogP contribution is -1.99. The summed E-state index contributed by atoms with van der Waals surface area (Å²) in [5, 5.41) is 91.1. The summed E-state index contributed by atoms with van der Waals surface area (Å²) in [5.74, 6) is -6.74. The quantitative estimate of drug-likeness (QED) is 0.0178. The predicted molar refractivity (Wildman–Crippen MR) is 497 cm³/mol. The molecule has 10 N–H and O–H groups in total. The molecule has 4 aromatic heterocycles. The van der Waals surface area contributed by atoms with Gasteiger partial charge in [-0.2, -0.15) is 40.8 Å². The Labute approximate surface area is 746 Å². The maximum Gasteiger partial charge on any atom is 0.335 e. The monoisotopic (exact) mass is 1760 g/mol. The fraction of sp³-hybridized carbons (Fsp3) is 0.0505. The van der Waals surface area contributed by atoms with Gasteiger partial charge in [0, 0.05) is 69.3 Å². The average molecular weight is 1760 g/mol. The van der Waals surface area contributed by atoms with Crippen LogP contribution in [-0.4, -0.2) is 130 Å². The van der Waals surface area contributed by atoms with Gasteiger partial charge in [0.25, 0.3) is 0 Å². The van der Waals surface area contributed by atoms with Crippen molar-refractivity contribution in [2.24, 2.45) is 20.4 Å². The molecule has 0 fully saturated rings. The van der Waals surface area contributed by atoms with E-state index in [9.17, 15) is 42.7 Å². The largest absolute Gasteiger partial charge is 0.478 e. The molecule has 0 bridgehead atoms. The number of carboxylic acids is 6. The van der Waals surface area contributed by atoms with Gasteiger partial charge < -0.3 is 30.6 Å². The molecule has 0 saturated heterocycles. The summed E-state index contributed by atoms with van der Waals surface area (Å²) < 4.78 is 33.9. The van der Waals surface area contributed by atoms with Crippen LogP contribution in [0.1, 0.15) is 112 Å². The van der Waals surface area contributed by atoms with E-state index in [1.54, 1.807) is 184 Å². The van der Waals surface area contributed by atoms with Crippen LogP contribution in [0.25, 0.3) is 67.8 Å². The molecule has 0 aliphatic rings. The summed E-state index contributed by atoms with van der Waals surface area (Å²) in [6.45, 7) is 9.68. The molecule has 0 aliphatic carbocycles. The third-order valence-electron chi connectivity index (χ3n) is 19.7. The van der Waals surface area contributed by atoms with Crippen LogP contribution >= 0.6 is 11.6 Å². The number of nitrogens with one attached hydrogen (secondary N) is 4. The molecule has 0 aliphatic heterocycles. The molecular formula is C99H79ClF2N16O12. The number of benzene rings is 12. The number of aryl methyl sites for hydroxylation is 5. The zero-order chi connectivity index (χ0) is 92.1. The predicted octanol–water partition coefficient (Wildman–Crippen LogP) is 20.6. The molecule has 0 spiro atoms. The van der Waals surface area contributed by atoms with Gasteiger partial charge in [0.05, 0.1) is 109 Å². The number of aromatic nitrogens is 8. The van der Waals surface area contributed by atoms with Crippen molar-refractivity contribution in [2.75, 3.05) is 21.7 Å². The Kier molecular flexibility index (Phi) is 28.9. The Hall–Kier alpha value is -17.7. The highest BCUT2D eigenvalue weighted by Gasteiger charge is 2.20. The van der Waals surface area contributed by atoms with Gasteiger partial charge in [0.1, 0.15) is 34.4 Å². The molecule has 28 nitrogen and oxygen atoms in total. The van der Waals surface area contributed by atoms with Crippen molar-refractivity contribution in [3.8, 4) is 67.8 Å². The van der Waals surface area contributed by atoms with Crippen LogP contribution in [0.5, 0.6) is 0 Å². The van der Waals surface area contributed by atoms with Gasteiger partial charge in [-0.05, 0) is 234 Å². The molecule has 4 heterocycles. The summed E-state index contributed by atoms with van der Waals surface area (Å²) in [7, 11) is 0. The molecule has 0 radical (unpaired) electrons. The van der Waals surface area contributed by atoms with E-state index in [0.29, 0.717) is 78.4 Å². The van der Waals surface area contributed by atoms with Gasteiger partial charge in [-0.15, -0.1) is 0 Å². The van der Waals surface area contributed by atoms with E-state index < -0.39 is 41.6 Å². The van der Waals surface area contributed by atoms with Crippen molar-refractivity contribution in [2.45, 2.75) is 34.6 Å². The topological polar surface area (TPSA) is 393 Å². The molecule has 0 atom stereocenters. The number of hydrazone groups is 4. The third-order valence-corrected chi connectivity index (χ3v) is 20.0. The van der Waals surface area contributed by atoms with Gasteiger partial charge in [-0.25, -0.2) is 56.3 Å². The van der Waals surface area contributed by atoms with Crippen molar-refractivity contribution in [1.82, 2.24) is 39.1 Å². The molecule has 0 amide bonds. The number of nitrogens with zero attached hydrogens (tertiary/aromatic N) is 12. The van der Waals surface area contributed by atoms with Crippen LogP contribution < -0.4 is 21.7 Å². The molecule has 130 heavy (non-hydrogen) atoms. The second-order valence-electron chi connectivity index (χ2n) is 29.2. The molecular weight excluding hydrogens is 1680 g/mol. The number of aromatic carboxylic acids is 6. The summed E-state index contributed by atoms with van der Waals surface area (Å²) in [6, 6.07) is 78.6. The highest BCUT2D eigenvalue weighted by molar-refractivity contribution is 6.33. The standard InChI is InChI=1S/C25H19ClN4O4.C25H19FN4O4.C25H22N4O2.C24H19FN4O2/c1-15-2-11-22(21(26)12-15)28-27-13-19-14-30(20-9-7-18(8-10-20)25(33)34)29-23(19)16-3-5-17(6-4-16)24(31)32;1-15-12-20(8-11-22(15)26)28-27-13-19-14-30(21-9-6-18(7-10-21)25(33)34)29-23(19)16-2-4-17(5-3-16)24(31)32;1-17-6-10-22(11-7-17)27-26-15-21-16-29(23-12-8-19(9-13-23)25(30)31)28-24(21)20-5-3-4-18(2)14-20;1-16-5-4-6-18(13-16)23-19(14-26-27-22-8-3-2-7-21(22)25)15-29(28-23)20-11-9-17(10-12-20)24(30)31/h2*2-14,28H,1H3,(H,31,32)(H,33,34);3-16,27H,1-2H3,(H,30,31);2-15,27H,1H3,(H,30,31)/b2*27-13+;26-15+;26-14+. The summed E-state index contributed by atoms with van der Waals surface area (Å²) >= 11 is 6.26. The number of rotatable bonds is 26. The van der Waals surface area contributed by atoms with Crippen molar-refractivity contribution < 1.29 is 68.2 Å². The van der Waals surface area contributed by atoms with E-state index in [1.807, 2.05) is 119 Å². The highest BCUT2D eigenvalue weighted by Crippen LogP contribution is 2.31. The van der Waals surface area contributed by atoms with Crippen LogP contribution in [0.4, 0.5) is 31.5 Å². The van der Waals surface area contributed by atoms with Crippen LogP contribution in [0.2, 0.25) is 5.02 Å². The minimum atomic E-state index is -1.03. The van der Waals surface area contributed by atoms with Crippen LogP contribution in [0, 0.1) is 46.3 Å². The Bertz CT molecular complexity index is 6960. The van der Waals surface area contributed by atoms with E-state index in [-0.39, 0.29) is 44.9 Å². The van der Waals surface area contributed by atoms with Gasteiger partial charge in [-0.1, -0.05) is 119 Å². The lowest BCUT2D eigenvalue weighted by Gasteiger charge is -2.04. The molecule has 0 unspecified atom stereocenters. The fourth-order valence-corrected chi connectivity index (χ4v) is 13.1. The van der Waals surface area contributed by atoms with Crippen LogP contribution in [0.15, 0.2) is 324 Å². The molecule has 648 valence electrons. The molecule has 16 aromatic rings. The van der Waals surface area contributed by atoms with E-state index >= 15 is 0 Å². The third kappa shape index (κ3) is 23.4. The van der Waals surface area contributed by atoms with E-state index in [1.165, 1.54) is 78.4 Å². The number of hydrogen-bond donors (Lipinski definition) is 10. The van der Waals surface area contributed by atoms with Crippen molar-refractivity contribution in [3.05, 3.63) is 404 Å².